The summed E-state index contributed by atoms with van der Waals surface area (Å²) < 4.78 is 0. The summed E-state index contributed by atoms with van der Waals surface area (Å²) in [5.74, 6) is 0.625. The van der Waals surface area contributed by atoms with E-state index in [0.29, 0.717) is 12.3 Å². The van der Waals surface area contributed by atoms with Gasteiger partial charge < -0.3 is 10.3 Å². The molecule has 0 spiro atoms. The van der Waals surface area contributed by atoms with Crippen LogP contribution < -0.4 is 5.32 Å². The average molecular weight is 618 g/mol. The molecule has 3 N–H and O–H groups in total. The molecule has 230 valence electrons. The SMILES string of the molecule is C/C=C/C(=C\C(=C/C)c1cc2c(-c3cc4c(-c5ccc(C(C)=O)s5)cncc4[nH]3)n[nH]c2cc1C)NC(=O)CC1CCCCC1. The van der Waals surface area contributed by atoms with Crippen LogP contribution in [-0.4, -0.2) is 31.9 Å². The summed E-state index contributed by atoms with van der Waals surface area (Å²) in [6.45, 7) is 7.68. The Morgan fingerprint density at radius 3 is 2.60 bits per heavy atom. The molecule has 4 aromatic heterocycles. The van der Waals surface area contributed by atoms with Crippen molar-refractivity contribution in [3.8, 4) is 21.8 Å². The predicted molar refractivity (Wildman–Crippen MR) is 185 cm³/mol. The summed E-state index contributed by atoms with van der Waals surface area (Å²) >= 11 is 1.48. The van der Waals surface area contributed by atoms with E-state index in [1.54, 1.807) is 6.92 Å². The van der Waals surface area contributed by atoms with Crippen LogP contribution >= 0.6 is 11.3 Å². The highest BCUT2D eigenvalue weighted by Crippen LogP contribution is 2.37. The Kier molecular flexibility index (Phi) is 8.94. The van der Waals surface area contributed by atoms with Crippen molar-refractivity contribution in [2.75, 3.05) is 0 Å². The number of nitrogens with one attached hydrogen (secondary N) is 3. The fourth-order valence-corrected chi connectivity index (χ4v) is 7.32. The van der Waals surface area contributed by atoms with E-state index >= 15 is 0 Å². The van der Waals surface area contributed by atoms with Gasteiger partial charge in [0.05, 0.1) is 27.8 Å². The first kappa shape index (κ1) is 30.5. The van der Waals surface area contributed by atoms with E-state index in [9.17, 15) is 9.59 Å². The van der Waals surface area contributed by atoms with Crippen molar-refractivity contribution in [1.82, 2.24) is 25.5 Å². The number of carbonyl (C=O) groups is 2. The Labute approximate surface area is 267 Å². The maximum atomic E-state index is 13.0. The third kappa shape index (κ3) is 6.47. The normalized spacial score (nSPS) is 15.0. The van der Waals surface area contributed by atoms with E-state index in [0.717, 1.165) is 83.8 Å². The van der Waals surface area contributed by atoms with Gasteiger partial charge in [-0.25, -0.2) is 0 Å². The van der Waals surface area contributed by atoms with Crippen molar-refractivity contribution in [3.05, 3.63) is 88.7 Å². The lowest BCUT2D eigenvalue weighted by Crippen LogP contribution is -2.25. The fourth-order valence-electron chi connectivity index (χ4n) is 6.39. The number of rotatable bonds is 9. The van der Waals surface area contributed by atoms with Crippen molar-refractivity contribution in [2.24, 2.45) is 5.92 Å². The Morgan fingerprint density at radius 1 is 1.04 bits per heavy atom. The summed E-state index contributed by atoms with van der Waals surface area (Å²) in [6, 6.07) is 10.3. The molecule has 1 aliphatic carbocycles. The summed E-state index contributed by atoms with van der Waals surface area (Å²) in [7, 11) is 0. The molecule has 0 saturated heterocycles. The van der Waals surface area contributed by atoms with Crippen molar-refractivity contribution in [2.45, 2.75) is 66.2 Å². The number of Topliss-reactive ketones (excluding diaryl/α,β-unsaturated/α-hetero) is 1. The van der Waals surface area contributed by atoms with Gasteiger partial charge in [0.25, 0.3) is 0 Å². The number of fused-ring (bicyclic) bond motifs is 2. The molecule has 8 heteroatoms. The first-order chi connectivity index (χ1) is 21.8. The van der Waals surface area contributed by atoms with Crippen LogP contribution in [0.1, 0.15) is 80.1 Å². The van der Waals surface area contributed by atoms with E-state index in [1.165, 1.54) is 30.6 Å². The lowest BCUT2D eigenvalue weighted by molar-refractivity contribution is -0.121. The third-order valence-corrected chi connectivity index (χ3v) is 9.91. The fraction of sp³-hybridized carbons (Fsp3) is 0.297. The van der Waals surface area contributed by atoms with Crippen LogP contribution in [0.3, 0.4) is 0 Å². The second-order valence-corrected chi connectivity index (χ2v) is 13.0. The molecule has 1 fully saturated rings. The van der Waals surface area contributed by atoms with Gasteiger partial charge in [0.2, 0.25) is 5.91 Å². The molecule has 1 saturated carbocycles. The van der Waals surface area contributed by atoms with Crippen LogP contribution in [0.15, 0.2) is 72.7 Å². The molecule has 0 radical (unpaired) electrons. The Bertz CT molecular complexity index is 1980. The monoisotopic (exact) mass is 617 g/mol. The Balaban J connectivity index is 1.34. The average Bonchev–Trinajstić information content (AvgIpc) is 3.78. The number of ketones is 1. The van der Waals surface area contributed by atoms with E-state index < -0.39 is 0 Å². The van der Waals surface area contributed by atoms with Crippen molar-refractivity contribution < 1.29 is 9.59 Å². The molecule has 0 atom stereocenters. The molecule has 1 amide bonds. The maximum absolute atomic E-state index is 13.0. The molecular formula is C37H39N5O2S. The third-order valence-electron chi connectivity index (χ3n) is 8.69. The number of pyridine rings is 1. The Morgan fingerprint density at radius 2 is 1.87 bits per heavy atom. The van der Waals surface area contributed by atoms with Gasteiger partial charge in [0.1, 0.15) is 5.69 Å². The number of hydrogen-bond donors (Lipinski definition) is 3. The smallest absolute Gasteiger partial charge is 0.224 e. The number of allylic oxidation sites excluding steroid dienone is 5. The number of amides is 1. The highest BCUT2D eigenvalue weighted by Gasteiger charge is 2.19. The molecule has 0 bridgehead atoms. The number of carbonyl (C=O) groups excluding carboxylic acids is 2. The number of H-pyrrole nitrogens is 2. The summed E-state index contributed by atoms with van der Waals surface area (Å²) in [5, 5.41) is 13.1. The number of thiophene rings is 1. The van der Waals surface area contributed by atoms with Gasteiger partial charge in [-0.05, 0) is 106 Å². The van der Waals surface area contributed by atoms with Gasteiger partial charge >= 0.3 is 0 Å². The highest BCUT2D eigenvalue weighted by molar-refractivity contribution is 7.17. The molecule has 7 nitrogen and oxygen atoms in total. The predicted octanol–water partition coefficient (Wildman–Crippen LogP) is 9.30. The van der Waals surface area contributed by atoms with Crippen LogP contribution in [0.4, 0.5) is 0 Å². The first-order valence-electron chi connectivity index (χ1n) is 15.7. The second kappa shape index (κ2) is 13.2. The number of aromatic nitrogens is 4. The molecule has 45 heavy (non-hydrogen) atoms. The minimum absolute atomic E-state index is 0.0604. The molecule has 4 heterocycles. The zero-order chi connectivity index (χ0) is 31.5. The molecule has 1 aromatic carbocycles. The second-order valence-electron chi connectivity index (χ2n) is 11.9. The largest absolute Gasteiger partial charge is 0.352 e. The zero-order valence-electron chi connectivity index (χ0n) is 26.3. The number of benzene rings is 1. The summed E-state index contributed by atoms with van der Waals surface area (Å²) in [6.07, 6.45) is 18.3. The number of aromatic amines is 2. The van der Waals surface area contributed by atoms with E-state index in [4.69, 9.17) is 5.10 Å². The maximum Gasteiger partial charge on any atom is 0.224 e. The Hall–Kier alpha value is -4.56. The van der Waals surface area contributed by atoms with E-state index in [1.807, 2.05) is 50.5 Å². The zero-order valence-corrected chi connectivity index (χ0v) is 27.1. The van der Waals surface area contributed by atoms with Crippen LogP contribution in [0.2, 0.25) is 0 Å². The van der Waals surface area contributed by atoms with Crippen LogP contribution in [0, 0.1) is 12.8 Å². The van der Waals surface area contributed by atoms with Crippen LogP contribution in [-0.2, 0) is 4.79 Å². The molecule has 0 unspecified atom stereocenters. The topological polar surface area (TPSA) is 104 Å². The van der Waals surface area contributed by atoms with E-state index in [2.05, 4.69) is 57.7 Å². The molecular weight excluding hydrogens is 579 g/mol. The van der Waals surface area contributed by atoms with Gasteiger partial charge in [-0.1, -0.05) is 31.4 Å². The number of aryl methyl sites for hydroxylation is 1. The number of hydrogen-bond acceptors (Lipinski definition) is 5. The van der Waals surface area contributed by atoms with Crippen molar-refractivity contribution in [3.63, 3.8) is 0 Å². The standard InChI is InChI=1S/C37H39N5O2S/c1-5-10-26(39-36(44)16-24-11-8-7-9-12-24)17-25(6-2)27-18-29-31(15-22(27)3)41-42-37(29)32-19-28-30(20-38-21-33(28)40-32)35-14-13-34(45-35)23(4)43/h5-6,10,13-15,17-21,24,40H,7-9,11-12,16H2,1-4H3,(H,39,44)(H,41,42)/b10-5+,25-6+,26-17+. The van der Waals surface area contributed by atoms with Gasteiger partial charge in [-0.2, -0.15) is 5.10 Å². The van der Waals surface area contributed by atoms with E-state index in [-0.39, 0.29) is 11.7 Å². The molecule has 1 aliphatic rings. The summed E-state index contributed by atoms with van der Waals surface area (Å²) in [5.41, 5.74) is 8.52. The van der Waals surface area contributed by atoms with Gasteiger partial charge in [0.15, 0.2) is 5.78 Å². The lowest BCUT2D eigenvalue weighted by atomic mass is 9.87. The minimum Gasteiger partial charge on any atom is -0.352 e. The van der Waals surface area contributed by atoms with Crippen LogP contribution in [0.5, 0.6) is 0 Å². The quantitative estimate of drug-likeness (QED) is 0.113. The van der Waals surface area contributed by atoms with Crippen molar-refractivity contribution >= 4 is 50.4 Å². The first-order valence-corrected chi connectivity index (χ1v) is 16.5. The minimum atomic E-state index is 0.0604. The number of nitrogens with zero attached hydrogens (tertiary/aromatic N) is 2. The lowest BCUT2D eigenvalue weighted by Gasteiger charge is -2.21. The molecule has 6 rings (SSSR count). The van der Waals surface area contributed by atoms with Crippen LogP contribution in [0.25, 0.3) is 49.2 Å². The molecule has 5 aromatic rings. The molecule has 0 aliphatic heterocycles. The van der Waals surface area contributed by atoms with Gasteiger partial charge in [-0.3, -0.25) is 19.7 Å². The summed E-state index contributed by atoms with van der Waals surface area (Å²) in [4.78, 5) is 34.6. The highest BCUT2D eigenvalue weighted by atomic mass is 32.1. The van der Waals surface area contributed by atoms with Gasteiger partial charge in [0, 0.05) is 39.5 Å². The van der Waals surface area contributed by atoms with Gasteiger partial charge in [-0.15, -0.1) is 11.3 Å². The van der Waals surface area contributed by atoms with Crippen molar-refractivity contribution in [1.29, 1.82) is 0 Å².